The summed E-state index contributed by atoms with van der Waals surface area (Å²) in [6, 6.07) is 2.45. The Morgan fingerprint density at radius 3 is 2.59 bits per heavy atom. The van der Waals surface area contributed by atoms with Gasteiger partial charge in [0.05, 0.1) is 17.2 Å². The second-order valence-corrected chi connectivity index (χ2v) is 7.72. The van der Waals surface area contributed by atoms with Gasteiger partial charge in [0.1, 0.15) is 9.84 Å². The molecule has 98 valence electrons. The van der Waals surface area contributed by atoms with E-state index in [1.54, 1.807) is 6.92 Å². The van der Waals surface area contributed by atoms with Gasteiger partial charge in [0, 0.05) is 5.75 Å². The molecule has 0 aromatic carbocycles. The normalized spacial score (nSPS) is 29.1. The second-order valence-electron chi connectivity index (χ2n) is 5.25. The van der Waals surface area contributed by atoms with E-state index in [0.717, 1.165) is 32.1 Å². The zero-order chi connectivity index (χ0) is 12.9. The van der Waals surface area contributed by atoms with Crippen molar-refractivity contribution in [1.29, 1.82) is 5.26 Å². The summed E-state index contributed by atoms with van der Waals surface area (Å²) in [7, 11) is -2.87. The fraction of sp³-hybridized carbons (Fsp3) is 0.923. The van der Waals surface area contributed by atoms with Gasteiger partial charge in [0.25, 0.3) is 0 Å². The molecule has 3 nitrogen and oxygen atoms in total. The molecule has 1 aliphatic rings. The van der Waals surface area contributed by atoms with Crippen LogP contribution in [0.4, 0.5) is 0 Å². The number of rotatable bonds is 6. The topological polar surface area (TPSA) is 57.9 Å². The van der Waals surface area contributed by atoms with E-state index in [9.17, 15) is 13.7 Å². The highest BCUT2D eigenvalue weighted by atomic mass is 32.2. The molecule has 0 N–H and O–H groups in total. The maximum Gasteiger partial charge on any atom is 0.150 e. The van der Waals surface area contributed by atoms with E-state index in [1.807, 2.05) is 0 Å². The second kappa shape index (κ2) is 5.86. The molecule has 0 aromatic heterocycles. The number of hydrogen-bond acceptors (Lipinski definition) is 3. The summed E-state index contributed by atoms with van der Waals surface area (Å²) in [4.78, 5) is 0. The van der Waals surface area contributed by atoms with Gasteiger partial charge in [-0.2, -0.15) is 5.26 Å². The highest BCUT2D eigenvalue weighted by molar-refractivity contribution is 7.91. The van der Waals surface area contributed by atoms with Crippen LogP contribution >= 0.6 is 0 Å². The summed E-state index contributed by atoms with van der Waals surface area (Å²) in [6.45, 7) is 3.84. The smallest absolute Gasteiger partial charge is 0.150 e. The fourth-order valence-electron chi connectivity index (χ4n) is 2.74. The first-order valence-electron chi connectivity index (χ1n) is 6.58. The van der Waals surface area contributed by atoms with Crippen LogP contribution in [-0.4, -0.2) is 19.9 Å². The summed E-state index contributed by atoms with van der Waals surface area (Å²) in [5.74, 6) is 1.12. The number of nitriles is 1. The highest BCUT2D eigenvalue weighted by Crippen LogP contribution is 2.45. The molecule has 1 rings (SSSR count). The summed E-state index contributed by atoms with van der Waals surface area (Å²) in [5, 5.41) is 9.32. The molecule has 0 saturated heterocycles. The van der Waals surface area contributed by atoms with Gasteiger partial charge in [-0.15, -0.1) is 0 Å². The number of sulfone groups is 1. The SMILES string of the molecule is CCC1CCC(C#N)(CCCS(=O)(=O)CC)C1. The van der Waals surface area contributed by atoms with Crippen molar-refractivity contribution in [3.63, 3.8) is 0 Å². The first kappa shape index (κ1) is 14.5. The Morgan fingerprint density at radius 2 is 2.12 bits per heavy atom. The van der Waals surface area contributed by atoms with Crippen molar-refractivity contribution < 1.29 is 8.42 Å². The van der Waals surface area contributed by atoms with E-state index in [2.05, 4.69) is 13.0 Å². The van der Waals surface area contributed by atoms with E-state index < -0.39 is 9.84 Å². The van der Waals surface area contributed by atoms with Crippen LogP contribution < -0.4 is 0 Å². The van der Waals surface area contributed by atoms with Crippen molar-refractivity contribution in [2.45, 2.75) is 52.4 Å². The van der Waals surface area contributed by atoms with Crippen molar-refractivity contribution in [2.24, 2.45) is 11.3 Å². The third-order valence-corrected chi connectivity index (χ3v) is 5.87. The Kier molecular flexibility index (Phi) is 5.00. The monoisotopic (exact) mass is 257 g/mol. The average molecular weight is 257 g/mol. The van der Waals surface area contributed by atoms with Crippen molar-refractivity contribution in [3.8, 4) is 6.07 Å². The molecule has 0 aromatic rings. The molecule has 0 heterocycles. The Morgan fingerprint density at radius 1 is 1.41 bits per heavy atom. The van der Waals surface area contributed by atoms with Gasteiger partial charge < -0.3 is 0 Å². The molecule has 1 aliphatic carbocycles. The lowest BCUT2D eigenvalue weighted by molar-refractivity contribution is 0.351. The van der Waals surface area contributed by atoms with Gasteiger partial charge in [-0.1, -0.05) is 20.3 Å². The van der Waals surface area contributed by atoms with Gasteiger partial charge in [-0.05, 0) is 38.0 Å². The van der Waals surface area contributed by atoms with Crippen LogP contribution in [0.1, 0.15) is 52.4 Å². The molecule has 2 atom stereocenters. The summed E-state index contributed by atoms with van der Waals surface area (Å²) in [5.41, 5.74) is -0.232. The minimum absolute atomic E-state index is 0.212. The fourth-order valence-corrected chi connectivity index (χ4v) is 3.62. The molecule has 0 radical (unpaired) electrons. The van der Waals surface area contributed by atoms with Gasteiger partial charge in [0.2, 0.25) is 0 Å². The average Bonchev–Trinajstić information content (AvgIpc) is 2.73. The predicted octanol–water partition coefficient (Wildman–Crippen LogP) is 2.92. The standard InChI is InChI=1S/C13H23NO2S/c1-3-12-6-8-13(10-12,11-14)7-5-9-17(15,16)4-2/h12H,3-10H2,1-2H3. The van der Waals surface area contributed by atoms with Crippen LogP contribution in [0.2, 0.25) is 0 Å². The molecular formula is C13H23NO2S. The van der Waals surface area contributed by atoms with Gasteiger partial charge in [-0.25, -0.2) is 8.42 Å². The van der Waals surface area contributed by atoms with Gasteiger partial charge in [-0.3, -0.25) is 0 Å². The third-order valence-electron chi connectivity index (χ3n) is 4.08. The van der Waals surface area contributed by atoms with Gasteiger partial charge >= 0.3 is 0 Å². The molecule has 0 bridgehead atoms. The molecule has 1 fully saturated rings. The minimum Gasteiger partial charge on any atom is -0.229 e. The largest absolute Gasteiger partial charge is 0.229 e. The van der Waals surface area contributed by atoms with E-state index in [-0.39, 0.29) is 16.9 Å². The Bertz CT molecular complexity index is 383. The maximum absolute atomic E-state index is 11.4. The molecule has 17 heavy (non-hydrogen) atoms. The lowest BCUT2D eigenvalue weighted by atomic mass is 9.82. The predicted molar refractivity (Wildman–Crippen MR) is 69.2 cm³/mol. The van der Waals surface area contributed by atoms with Crippen molar-refractivity contribution in [2.75, 3.05) is 11.5 Å². The van der Waals surface area contributed by atoms with E-state index in [4.69, 9.17) is 0 Å². The lowest BCUT2D eigenvalue weighted by Gasteiger charge is -2.20. The van der Waals surface area contributed by atoms with Crippen molar-refractivity contribution in [3.05, 3.63) is 0 Å². The van der Waals surface area contributed by atoms with Crippen LogP contribution in [0, 0.1) is 22.7 Å². The Balaban J connectivity index is 2.47. The Hall–Kier alpha value is -0.560. The maximum atomic E-state index is 11.4. The summed E-state index contributed by atoms with van der Waals surface area (Å²) >= 11 is 0. The zero-order valence-corrected chi connectivity index (χ0v) is 11.7. The van der Waals surface area contributed by atoms with Crippen LogP contribution in [0.25, 0.3) is 0 Å². The zero-order valence-electron chi connectivity index (χ0n) is 10.9. The number of nitrogens with zero attached hydrogens (tertiary/aromatic N) is 1. The van der Waals surface area contributed by atoms with Crippen molar-refractivity contribution in [1.82, 2.24) is 0 Å². The quantitative estimate of drug-likeness (QED) is 0.735. The first-order valence-corrected chi connectivity index (χ1v) is 8.41. The summed E-state index contributed by atoms with van der Waals surface area (Å²) in [6.07, 6.45) is 5.57. The molecule has 1 saturated carbocycles. The molecule has 4 heteroatoms. The van der Waals surface area contributed by atoms with E-state index in [0.29, 0.717) is 12.3 Å². The van der Waals surface area contributed by atoms with Crippen LogP contribution in [0.15, 0.2) is 0 Å². The van der Waals surface area contributed by atoms with E-state index >= 15 is 0 Å². The Labute approximate surface area is 105 Å². The molecule has 2 unspecified atom stereocenters. The minimum atomic E-state index is -2.87. The highest BCUT2D eigenvalue weighted by Gasteiger charge is 2.38. The van der Waals surface area contributed by atoms with Gasteiger partial charge in [0.15, 0.2) is 0 Å². The number of hydrogen-bond donors (Lipinski definition) is 0. The summed E-state index contributed by atoms with van der Waals surface area (Å²) < 4.78 is 22.8. The first-order chi connectivity index (χ1) is 7.97. The van der Waals surface area contributed by atoms with Crippen LogP contribution in [-0.2, 0) is 9.84 Å². The van der Waals surface area contributed by atoms with Crippen LogP contribution in [0.3, 0.4) is 0 Å². The molecular weight excluding hydrogens is 234 g/mol. The van der Waals surface area contributed by atoms with Crippen molar-refractivity contribution >= 4 is 9.84 Å². The van der Waals surface area contributed by atoms with E-state index in [1.165, 1.54) is 0 Å². The lowest BCUT2D eigenvalue weighted by Crippen LogP contribution is -2.17. The molecule has 0 amide bonds. The van der Waals surface area contributed by atoms with Crippen LogP contribution in [0.5, 0.6) is 0 Å². The molecule has 0 spiro atoms. The third kappa shape index (κ3) is 3.99. The molecule has 0 aliphatic heterocycles.